The molecule has 36 heavy (non-hydrogen) atoms. The van der Waals surface area contributed by atoms with Gasteiger partial charge in [0.1, 0.15) is 17.8 Å². The maximum Gasteiger partial charge on any atom is 0.306 e. The van der Waals surface area contributed by atoms with E-state index < -0.39 is 32.2 Å². The Kier molecular flexibility index (Phi) is 16.1. The van der Waals surface area contributed by atoms with Gasteiger partial charge in [0.05, 0.1) is 6.10 Å². The number of esters is 2. The molecule has 6 nitrogen and oxygen atoms in total. The molecule has 3 atom stereocenters. The third-order valence-electron chi connectivity index (χ3n) is 6.69. The normalized spacial score (nSPS) is 15.5. The molecule has 0 spiro atoms. The van der Waals surface area contributed by atoms with Gasteiger partial charge in [0.15, 0.2) is 0 Å². The van der Waals surface area contributed by atoms with Gasteiger partial charge in [-0.1, -0.05) is 79.4 Å². The van der Waals surface area contributed by atoms with Crippen LogP contribution in [0.4, 0.5) is 0 Å². The second kappa shape index (κ2) is 16.6. The minimum atomic E-state index is -2.20. The highest BCUT2D eigenvalue weighted by molar-refractivity contribution is 6.77. The topological polar surface area (TPSA) is 82.1 Å². The van der Waals surface area contributed by atoms with Crippen LogP contribution in [0.1, 0.15) is 121 Å². The molecule has 0 aliphatic heterocycles. The highest BCUT2D eigenvalue weighted by Crippen LogP contribution is 2.43. The fourth-order valence-electron chi connectivity index (χ4n) is 5.14. The summed E-state index contributed by atoms with van der Waals surface area (Å²) in [6, 6.07) is 0. The highest BCUT2D eigenvalue weighted by atomic mass is 28.4. The van der Waals surface area contributed by atoms with Crippen molar-refractivity contribution >= 4 is 20.3 Å². The summed E-state index contributed by atoms with van der Waals surface area (Å²) in [6.07, 6.45) is 8.17. The fourth-order valence-corrected chi connectivity index (χ4v) is 10.7. The molecule has 0 fully saturated rings. The van der Waals surface area contributed by atoms with Crippen LogP contribution < -0.4 is 0 Å². The Labute approximate surface area is 222 Å². The van der Waals surface area contributed by atoms with Crippen molar-refractivity contribution < 1.29 is 28.6 Å². The van der Waals surface area contributed by atoms with Crippen LogP contribution in [0.25, 0.3) is 0 Å². The summed E-state index contributed by atoms with van der Waals surface area (Å²) in [6.45, 7) is 22.3. The van der Waals surface area contributed by atoms with Crippen molar-refractivity contribution in [2.24, 2.45) is 0 Å². The van der Waals surface area contributed by atoms with E-state index in [0.29, 0.717) is 29.5 Å². The van der Waals surface area contributed by atoms with Crippen molar-refractivity contribution in [3.05, 3.63) is 12.2 Å². The molecule has 0 aliphatic carbocycles. The molecule has 1 N–H and O–H groups in total. The predicted molar refractivity (Wildman–Crippen MR) is 150 cm³/mol. The molecule has 0 bridgehead atoms. The first-order valence-electron chi connectivity index (χ1n) is 14.0. The van der Waals surface area contributed by atoms with Crippen LogP contribution in [-0.2, 0) is 23.5 Å². The SMILES string of the molecule is CC(=O)O[C@@H](C)[C@@H](/C=C/[C@H](O)CCCCCCCC(=O)OC(C)(C)C)O[Si](C(C)C)(C(C)C)C(C)C. The third-order valence-corrected chi connectivity index (χ3v) is 12.8. The van der Waals surface area contributed by atoms with E-state index in [-0.39, 0.29) is 11.9 Å². The molecular formula is C29H56O6Si. The van der Waals surface area contributed by atoms with Crippen molar-refractivity contribution in [2.75, 3.05) is 0 Å². The van der Waals surface area contributed by atoms with Crippen LogP contribution in [0.3, 0.4) is 0 Å². The molecule has 0 aromatic heterocycles. The van der Waals surface area contributed by atoms with Gasteiger partial charge >= 0.3 is 11.9 Å². The van der Waals surface area contributed by atoms with Gasteiger partial charge in [-0.2, -0.15) is 0 Å². The van der Waals surface area contributed by atoms with Crippen molar-refractivity contribution in [3.8, 4) is 0 Å². The maximum absolute atomic E-state index is 11.8. The molecule has 0 heterocycles. The Balaban J connectivity index is 4.88. The third kappa shape index (κ3) is 13.4. The number of unbranched alkanes of at least 4 members (excludes halogenated alkanes) is 4. The highest BCUT2D eigenvalue weighted by Gasteiger charge is 2.47. The van der Waals surface area contributed by atoms with Crippen molar-refractivity contribution in [1.82, 2.24) is 0 Å². The first-order valence-corrected chi connectivity index (χ1v) is 16.1. The number of aliphatic hydroxyl groups is 1. The van der Waals surface area contributed by atoms with Crippen LogP contribution in [0.15, 0.2) is 12.2 Å². The minimum absolute atomic E-state index is 0.137. The number of aliphatic hydroxyl groups excluding tert-OH is 1. The molecule has 0 amide bonds. The second-order valence-electron chi connectivity index (χ2n) is 12.1. The summed E-state index contributed by atoms with van der Waals surface area (Å²) in [5, 5.41) is 10.6. The first kappa shape index (κ1) is 34.8. The van der Waals surface area contributed by atoms with E-state index in [1.165, 1.54) is 6.92 Å². The van der Waals surface area contributed by atoms with Gasteiger partial charge < -0.3 is 19.0 Å². The first-order chi connectivity index (χ1) is 16.5. The van der Waals surface area contributed by atoms with E-state index in [2.05, 4.69) is 41.5 Å². The lowest BCUT2D eigenvalue weighted by Crippen LogP contribution is -2.52. The average molecular weight is 529 g/mol. The number of hydrogen-bond donors (Lipinski definition) is 1. The summed E-state index contributed by atoms with van der Waals surface area (Å²) in [5.74, 6) is -0.468. The van der Waals surface area contributed by atoms with Crippen LogP contribution in [-0.4, -0.2) is 49.3 Å². The van der Waals surface area contributed by atoms with E-state index >= 15 is 0 Å². The van der Waals surface area contributed by atoms with Gasteiger partial charge in [-0.25, -0.2) is 0 Å². The summed E-state index contributed by atoms with van der Waals surface area (Å²) >= 11 is 0. The summed E-state index contributed by atoms with van der Waals surface area (Å²) in [4.78, 5) is 23.4. The standard InChI is InChI=1S/C29H56O6Si/c1-21(2)36(22(3)4,23(5)6)35-27(24(7)33-25(8)30)20-19-26(31)17-15-13-12-14-16-18-28(32)34-29(9,10)11/h19-24,26-27,31H,12-18H2,1-11H3/b20-19+/t24-,26+,27+/m0/s1. The quantitative estimate of drug-likeness (QED) is 0.0911. The predicted octanol–water partition coefficient (Wildman–Crippen LogP) is 7.49. The summed E-state index contributed by atoms with van der Waals surface area (Å²) in [7, 11) is -2.20. The molecule has 0 unspecified atom stereocenters. The van der Waals surface area contributed by atoms with Crippen molar-refractivity contribution in [3.63, 3.8) is 0 Å². The van der Waals surface area contributed by atoms with Crippen LogP contribution in [0, 0.1) is 0 Å². The van der Waals surface area contributed by atoms with Crippen molar-refractivity contribution in [1.29, 1.82) is 0 Å². The maximum atomic E-state index is 11.8. The smallest absolute Gasteiger partial charge is 0.306 e. The zero-order chi connectivity index (χ0) is 28.1. The van der Waals surface area contributed by atoms with Gasteiger partial charge in [-0.3, -0.25) is 9.59 Å². The van der Waals surface area contributed by atoms with Crippen molar-refractivity contribution in [2.45, 2.75) is 162 Å². The molecule has 212 valence electrons. The van der Waals surface area contributed by atoms with E-state index in [1.807, 2.05) is 33.8 Å². The van der Waals surface area contributed by atoms with Gasteiger partial charge in [-0.05, 0) is 57.2 Å². The number of ether oxygens (including phenoxy) is 2. The lowest BCUT2D eigenvalue weighted by atomic mass is 10.1. The van der Waals surface area contributed by atoms with E-state index in [1.54, 1.807) is 6.08 Å². The number of carbonyl (C=O) groups is 2. The van der Waals surface area contributed by atoms with E-state index in [4.69, 9.17) is 13.9 Å². The summed E-state index contributed by atoms with van der Waals surface area (Å²) < 4.78 is 17.7. The van der Waals surface area contributed by atoms with Crippen LogP contribution in [0.2, 0.25) is 16.6 Å². The number of rotatable bonds is 17. The van der Waals surface area contributed by atoms with Gasteiger partial charge in [0.2, 0.25) is 8.32 Å². The zero-order valence-electron chi connectivity index (χ0n) is 25.1. The molecule has 0 saturated carbocycles. The van der Waals surface area contributed by atoms with Crippen LogP contribution >= 0.6 is 0 Å². The van der Waals surface area contributed by atoms with E-state index in [9.17, 15) is 14.7 Å². The van der Waals surface area contributed by atoms with Gasteiger partial charge in [-0.15, -0.1) is 0 Å². The zero-order valence-corrected chi connectivity index (χ0v) is 26.1. The molecular weight excluding hydrogens is 472 g/mol. The summed E-state index contributed by atoms with van der Waals surface area (Å²) in [5.41, 5.74) is 0.775. The Hall–Kier alpha value is -1.18. The molecule has 0 aromatic rings. The largest absolute Gasteiger partial charge is 0.460 e. The number of hydrogen-bond acceptors (Lipinski definition) is 6. The monoisotopic (exact) mass is 528 g/mol. The molecule has 0 saturated heterocycles. The lowest BCUT2D eigenvalue weighted by molar-refractivity contribution is -0.155. The molecule has 0 aliphatic rings. The van der Waals surface area contributed by atoms with Gasteiger partial charge in [0.25, 0.3) is 0 Å². The molecule has 7 heteroatoms. The lowest BCUT2D eigenvalue weighted by Gasteiger charge is -2.45. The second-order valence-corrected chi connectivity index (χ2v) is 17.5. The Morgan fingerprint density at radius 2 is 1.33 bits per heavy atom. The Morgan fingerprint density at radius 3 is 1.81 bits per heavy atom. The molecule has 0 rings (SSSR count). The Bertz CT molecular complexity index is 643. The number of carbonyl (C=O) groups excluding carboxylic acids is 2. The molecule has 0 radical (unpaired) electrons. The minimum Gasteiger partial charge on any atom is -0.460 e. The van der Waals surface area contributed by atoms with Crippen LogP contribution in [0.5, 0.6) is 0 Å². The van der Waals surface area contributed by atoms with E-state index in [0.717, 1.165) is 32.1 Å². The average Bonchev–Trinajstić information content (AvgIpc) is 2.70. The van der Waals surface area contributed by atoms with Gasteiger partial charge in [0, 0.05) is 13.3 Å². The Morgan fingerprint density at radius 1 is 0.833 bits per heavy atom. The fraction of sp³-hybridized carbons (Fsp3) is 0.862. The molecule has 0 aromatic carbocycles.